The van der Waals surface area contributed by atoms with Gasteiger partial charge in [-0.15, -0.1) is 0 Å². The second kappa shape index (κ2) is 6.33. The van der Waals surface area contributed by atoms with Gasteiger partial charge in [-0.1, -0.05) is 6.07 Å². The molecule has 0 fully saturated rings. The summed E-state index contributed by atoms with van der Waals surface area (Å²) in [7, 11) is 0. The molecule has 0 saturated heterocycles. The molecule has 4 nitrogen and oxygen atoms in total. The zero-order chi connectivity index (χ0) is 13.7. The van der Waals surface area contributed by atoms with Crippen LogP contribution in [0.5, 0.6) is 5.75 Å². The molecule has 0 radical (unpaired) electrons. The second-order valence-electron chi connectivity index (χ2n) is 4.47. The molecule has 0 aliphatic carbocycles. The van der Waals surface area contributed by atoms with Gasteiger partial charge < -0.3 is 15.0 Å². The molecule has 1 atom stereocenters. The molecule has 0 aliphatic heterocycles. The molecule has 2 rings (SSSR count). The number of hydrogen-bond acceptors (Lipinski definition) is 3. The van der Waals surface area contributed by atoms with Crippen molar-refractivity contribution in [1.29, 1.82) is 0 Å². The van der Waals surface area contributed by atoms with Gasteiger partial charge in [0.25, 0.3) is 0 Å². The lowest BCUT2D eigenvalue weighted by Gasteiger charge is -2.14. The van der Waals surface area contributed by atoms with Gasteiger partial charge in [-0.05, 0) is 19.4 Å². The highest BCUT2D eigenvalue weighted by molar-refractivity contribution is 5.36. The molecule has 0 unspecified atom stereocenters. The number of imidazole rings is 1. The van der Waals surface area contributed by atoms with Crippen molar-refractivity contribution in [3.8, 4) is 5.75 Å². The van der Waals surface area contributed by atoms with Gasteiger partial charge in [0.1, 0.15) is 11.6 Å². The van der Waals surface area contributed by atoms with E-state index in [1.165, 1.54) is 12.1 Å². The van der Waals surface area contributed by atoms with Crippen LogP contribution in [0.3, 0.4) is 0 Å². The summed E-state index contributed by atoms with van der Waals surface area (Å²) in [4.78, 5) is 3.96. The third-order valence-electron chi connectivity index (χ3n) is 2.84. The number of halogens is 1. The molecular weight excluding hydrogens is 245 g/mol. The Bertz CT molecular complexity index is 511. The van der Waals surface area contributed by atoms with Crippen LogP contribution in [-0.4, -0.2) is 16.2 Å². The maximum atomic E-state index is 13.2. The van der Waals surface area contributed by atoms with E-state index in [0.717, 1.165) is 18.5 Å². The maximum Gasteiger partial charge on any atom is 0.126 e. The molecule has 0 aliphatic rings. The zero-order valence-electron chi connectivity index (χ0n) is 10.9. The fourth-order valence-corrected chi connectivity index (χ4v) is 1.86. The summed E-state index contributed by atoms with van der Waals surface area (Å²) in [5, 5.41) is 0. The summed E-state index contributed by atoms with van der Waals surface area (Å²) in [5.41, 5.74) is 6.65. The van der Waals surface area contributed by atoms with Gasteiger partial charge in [0.15, 0.2) is 0 Å². The molecule has 0 amide bonds. The Morgan fingerprint density at radius 3 is 3.00 bits per heavy atom. The molecule has 0 saturated carbocycles. The van der Waals surface area contributed by atoms with E-state index < -0.39 is 0 Å². The number of hydrogen-bond donors (Lipinski definition) is 1. The largest absolute Gasteiger partial charge is 0.493 e. The Morgan fingerprint density at radius 1 is 1.47 bits per heavy atom. The lowest BCUT2D eigenvalue weighted by molar-refractivity contribution is 0.296. The van der Waals surface area contributed by atoms with Crippen molar-refractivity contribution >= 4 is 0 Å². The molecule has 19 heavy (non-hydrogen) atoms. The van der Waals surface area contributed by atoms with Gasteiger partial charge in [0.05, 0.1) is 12.9 Å². The third kappa shape index (κ3) is 3.79. The average Bonchev–Trinajstić information content (AvgIpc) is 2.87. The minimum atomic E-state index is -0.311. The molecule has 1 aromatic carbocycles. The summed E-state index contributed by atoms with van der Waals surface area (Å²) in [5.74, 6) is 0.217. The quantitative estimate of drug-likeness (QED) is 0.815. The van der Waals surface area contributed by atoms with Gasteiger partial charge >= 0.3 is 0 Å². The highest BCUT2D eigenvalue weighted by Gasteiger charge is 2.09. The monoisotopic (exact) mass is 263 g/mol. The maximum absolute atomic E-state index is 13.2. The highest BCUT2D eigenvalue weighted by atomic mass is 19.1. The predicted octanol–water partition coefficient (Wildman–Crippen LogP) is 2.51. The number of aryl methyl sites for hydroxylation is 1. The Labute approximate surface area is 112 Å². The van der Waals surface area contributed by atoms with E-state index in [4.69, 9.17) is 10.5 Å². The molecular formula is C14H18FN3O. The van der Waals surface area contributed by atoms with Gasteiger partial charge in [-0.2, -0.15) is 0 Å². The number of benzene rings is 1. The third-order valence-corrected chi connectivity index (χ3v) is 2.84. The Kier molecular flexibility index (Phi) is 4.52. The summed E-state index contributed by atoms with van der Waals surface area (Å²) in [6.07, 6.45) is 6.22. The van der Waals surface area contributed by atoms with E-state index in [-0.39, 0.29) is 11.9 Å². The van der Waals surface area contributed by atoms with Crippen LogP contribution in [0.25, 0.3) is 0 Å². The Balaban J connectivity index is 1.89. The summed E-state index contributed by atoms with van der Waals surface area (Å²) in [6, 6.07) is 4.28. The van der Waals surface area contributed by atoms with Crippen LogP contribution >= 0.6 is 0 Å². The van der Waals surface area contributed by atoms with Crippen LogP contribution in [0.1, 0.15) is 24.9 Å². The number of aromatic nitrogens is 2. The van der Waals surface area contributed by atoms with E-state index in [1.807, 2.05) is 17.7 Å². The van der Waals surface area contributed by atoms with Crippen molar-refractivity contribution in [3.05, 3.63) is 48.3 Å². The van der Waals surface area contributed by atoms with Crippen molar-refractivity contribution in [1.82, 2.24) is 9.55 Å². The Hall–Kier alpha value is -1.88. The van der Waals surface area contributed by atoms with Crippen LogP contribution in [-0.2, 0) is 6.54 Å². The van der Waals surface area contributed by atoms with E-state index >= 15 is 0 Å². The van der Waals surface area contributed by atoms with Gasteiger partial charge in [-0.25, -0.2) is 9.37 Å². The van der Waals surface area contributed by atoms with Gasteiger partial charge in [0.2, 0.25) is 0 Å². The smallest absolute Gasteiger partial charge is 0.126 e. The minimum Gasteiger partial charge on any atom is -0.493 e. The fourth-order valence-electron chi connectivity index (χ4n) is 1.86. The SMILES string of the molecule is C[C@H](N)c1ccc(F)cc1OCCCn1ccnc1. The van der Waals surface area contributed by atoms with Crippen molar-refractivity contribution in [2.24, 2.45) is 5.73 Å². The molecule has 5 heteroatoms. The number of nitrogens with zero attached hydrogens (tertiary/aromatic N) is 2. The molecule has 2 aromatic rings. The van der Waals surface area contributed by atoms with Crippen LogP contribution in [0.2, 0.25) is 0 Å². The number of ether oxygens (including phenoxy) is 1. The summed E-state index contributed by atoms with van der Waals surface area (Å²) < 4.78 is 20.8. The highest BCUT2D eigenvalue weighted by Crippen LogP contribution is 2.24. The van der Waals surface area contributed by atoms with Crippen molar-refractivity contribution in [2.45, 2.75) is 25.9 Å². The van der Waals surface area contributed by atoms with E-state index in [2.05, 4.69) is 4.98 Å². The van der Waals surface area contributed by atoms with Crippen molar-refractivity contribution in [3.63, 3.8) is 0 Å². The van der Waals surface area contributed by atoms with Crippen LogP contribution in [0.15, 0.2) is 36.9 Å². The van der Waals surface area contributed by atoms with E-state index in [1.54, 1.807) is 18.6 Å². The lowest BCUT2D eigenvalue weighted by atomic mass is 10.1. The lowest BCUT2D eigenvalue weighted by Crippen LogP contribution is -2.10. The summed E-state index contributed by atoms with van der Waals surface area (Å²) >= 11 is 0. The molecule has 0 bridgehead atoms. The summed E-state index contributed by atoms with van der Waals surface area (Å²) in [6.45, 7) is 3.19. The first-order valence-corrected chi connectivity index (χ1v) is 6.30. The molecule has 102 valence electrons. The topological polar surface area (TPSA) is 53.1 Å². The molecule has 1 aromatic heterocycles. The average molecular weight is 263 g/mol. The standard InChI is InChI=1S/C14H18FN3O/c1-11(16)13-4-3-12(15)9-14(13)19-8-2-6-18-7-5-17-10-18/h3-5,7,9-11H,2,6,8,16H2,1H3/t11-/m0/s1. The predicted molar refractivity (Wildman–Crippen MR) is 71.3 cm³/mol. The molecule has 2 N–H and O–H groups in total. The van der Waals surface area contributed by atoms with Crippen molar-refractivity contribution in [2.75, 3.05) is 6.61 Å². The molecule has 1 heterocycles. The number of nitrogens with two attached hydrogens (primary N) is 1. The van der Waals surface area contributed by atoms with Crippen LogP contribution < -0.4 is 10.5 Å². The fraction of sp³-hybridized carbons (Fsp3) is 0.357. The second-order valence-corrected chi connectivity index (χ2v) is 4.47. The van der Waals surface area contributed by atoms with Crippen molar-refractivity contribution < 1.29 is 9.13 Å². The van der Waals surface area contributed by atoms with E-state index in [9.17, 15) is 4.39 Å². The van der Waals surface area contributed by atoms with E-state index in [0.29, 0.717) is 12.4 Å². The van der Waals surface area contributed by atoms with Gasteiger partial charge in [0, 0.05) is 36.6 Å². The van der Waals surface area contributed by atoms with Gasteiger partial charge in [-0.3, -0.25) is 0 Å². The minimum absolute atomic E-state index is 0.177. The molecule has 0 spiro atoms. The first-order valence-electron chi connectivity index (χ1n) is 6.30. The van der Waals surface area contributed by atoms with Crippen LogP contribution in [0, 0.1) is 5.82 Å². The normalized spacial score (nSPS) is 12.4. The zero-order valence-corrected chi connectivity index (χ0v) is 10.9. The first kappa shape index (κ1) is 13.5. The Morgan fingerprint density at radius 2 is 2.32 bits per heavy atom. The first-order chi connectivity index (χ1) is 9.16. The van der Waals surface area contributed by atoms with Crippen LogP contribution in [0.4, 0.5) is 4.39 Å². The number of rotatable bonds is 6.